The Morgan fingerprint density at radius 1 is 1.44 bits per heavy atom. The zero-order valence-electron chi connectivity index (χ0n) is 11.2. The van der Waals surface area contributed by atoms with E-state index in [1.807, 2.05) is 0 Å². The van der Waals surface area contributed by atoms with E-state index in [4.69, 9.17) is 4.74 Å². The van der Waals surface area contributed by atoms with Gasteiger partial charge < -0.3 is 15.2 Å². The fourth-order valence-electron chi connectivity index (χ4n) is 2.94. The second-order valence-corrected chi connectivity index (χ2v) is 5.38. The minimum absolute atomic E-state index is 0.0149. The first-order valence-electron chi connectivity index (χ1n) is 6.88. The van der Waals surface area contributed by atoms with Crippen LogP contribution in [0.25, 0.3) is 0 Å². The van der Waals surface area contributed by atoms with Crippen LogP contribution < -0.4 is 5.32 Å². The molecule has 2 aliphatic rings. The summed E-state index contributed by atoms with van der Waals surface area (Å²) in [5.41, 5.74) is -0.391. The lowest BCUT2D eigenvalue weighted by atomic mass is 9.90. The first-order valence-corrected chi connectivity index (χ1v) is 6.88. The molecule has 18 heavy (non-hydrogen) atoms. The molecule has 5 heteroatoms. The van der Waals surface area contributed by atoms with Crippen LogP contribution in [0.2, 0.25) is 0 Å². The minimum Gasteiger partial charge on any atom is -0.393 e. The van der Waals surface area contributed by atoms with Crippen molar-refractivity contribution in [2.45, 2.75) is 43.7 Å². The molecule has 1 atom stereocenters. The summed E-state index contributed by atoms with van der Waals surface area (Å²) in [6, 6.07) is 0.0149. The molecule has 0 aromatic heterocycles. The molecule has 2 heterocycles. The van der Waals surface area contributed by atoms with Crippen molar-refractivity contribution in [2.24, 2.45) is 0 Å². The van der Waals surface area contributed by atoms with Crippen molar-refractivity contribution in [3.05, 3.63) is 0 Å². The van der Waals surface area contributed by atoms with Gasteiger partial charge in [0.15, 0.2) is 0 Å². The predicted octanol–water partition coefficient (Wildman–Crippen LogP) is 0.128. The topological polar surface area (TPSA) is 61.8 Å². The van der Waals surface area contributed by atoms with Crippen molar-refractivity contribution in [3.63, 3.8) is 0 Å². The summed E-state index contributed by atoms with van der Waals surface area (Å²) < 4.78 is 5.44. The van der Waals surface area contributed by atoms with Crippen LogP contribution in [0.15, 0.2) is 0 Å². The largest absolute Gasteiger partial charge is 0.393 e. The third kappa shape index (κ3) is 2.84. The highest BCUT2D eigenvalue weighted by molar-refractivity contribution is 5.81. The van der Waals surface area contributed by atoms with Crippen molar-refractivity contribution in [2.75, 3.05) is 33.4 Å². The normalized spacial score (nSPS) is 29.7. The van der Waals surface area contributed by atoms with E-state index in [9.17, 15) is 9.90 Å². The molecule has 1 amide bonds. The Kier molecular flexibility index (Phi) is 4.59. The molecule has 0 aliphatic carbocycles. The third-order valence-corrected chi connectivity index (χ3v) is 4.38. The molecule has 2 saturated heterocycles. The average Bonchev–Trinajstić information content (AvgIpc) is 2.64. The number of carbonyl (C=O) groups is 1. The van der Waals surface area contributed by atoms with Gasteiger partial charge in [0.1, 0.15) is 0 Å². The number of aliphatic hydroxyl groups excluding tert-OH is 1. The summed E-state index contributed by atoms with van der Waals surface area (Å²) in [6.07, 6.45) is 4.72. The van der Waals surface area contributed by atoms with Gasteiger partial charge in [-0.3, -0.25) is 9.69 Å². The highest BCUT2D eigenvalue weighted by Crippen LogP contribution is 2.27. The van der Waals surface area contributed by atoms with E-state index in [1.54, 1.807) is 7.11 Å². The van der Waals surface area contributed by atoms with Crippen LogP contribution in [0, 0.1) is 0 Å². The van der Waals surface area contributed by atoms with Crippen molar-refractivity contribution < 1.29 is 14.6 Å². The van der Waals surface area contributed by atoms with Crippen LogP contribution in [-0.2, 0) is 9.53 Å². The van der Waals surface area contributed by atoms with E-state index in [0.717, 1.165) is 51.7 Å². The number of nitrogens with zero attached hydrogens (tertiary/aromatic N) is 1. The van der Waals surface area contributed by atoms with Gasteiger partial charge in [-0.15, -0.1) is 0 Å². The van der Waals surface area contributed by atoms with Crippen LogP contribution in [0.4, 0.5) is 0 Å². The molecule has 2 rings (SSSR count). The first-order chi connectivity index (χ1) is 8.71. The third-order valence-electron chi connectivity index (χ3n) is 4.38. The van der Waals surface area contributed by atoms with Gasteiger partial charge in [-0.1, -0.05) is 0 Å². The Morgan fingerprint density at radius 3 is 2.78 bits per heavy atom. The van der Waals surface area contributed by atoms with Crippen molar-refractivity contribution in [1.29, 1.82) is 0 Å². The number of ether oxygens (including phenoxy) is 1. The molecule has 104 valence electrons. The Morgan fingerprint density at radius 2 is 2.17 bits per heavy atom. The fraction of sp³-hybridized carbons (Fsp3) is 0.923. The molecular weight excluding hydrogens is 232 g/mol. The maximum atomic E-state index is 12.0. The monoisotopic (exact) mass is 256 g/mol. The molecule has 0 aromatic rings. The lowest BCUT2D eigenvalue weighted by molar-refractivity contribution is -0.130. The van der Waals surface area contributed by atoms with Crippen LogP contribution in [-0.4, -0.2) is 60.9 Å². The van der Waals surface area contributed by atoms with E-state index >= 15 is 0 Å². The van der Waals surface area contributed by atoms with Gasteiger partial charge in [0, 0.05) is 26.7 Å². The smallest absolute Gasteiger partial charge is 0.237 e. The lowest BCUT2D eigenvalue weighted by Crippen LogP contribution is -2.54. The zero-order valence-corrected chi connectivity index (χ0v) is 11.2. The second-order valence-electron chi connectivity index (χ2n) is 5.38. The molecular formula is C13H24N2O3. The molecule has 0 radical (unpaired) electrons. The molecule has 2 aliphatic heterocycles. The maximum absolute atomic E-state index is 12.0. The van der Waals surface area contributed by atoms with Crippen LogP contribution in [0.1, 0.15) is 32.1 Å². The Bertz CT molecular complexity index is 282. The molecule has 1 unspecified atom stereocenters. The summed E-state index contributed by atoms with van der Waals surface area (Å²) >= 11 is 0. The molecule has 2 N–H and O–H groups in total. The summed E-state index contributed by atoms with van der Waals surface area (Å²) in [5, 5.41) is 12.4. The number of rotatable bonds is 3. The van der Waals surface area contributed by atoms with Gasteiger partial charge >= 0.3 is 0 Å². The van der Waals surface area contributed by atoms with Gasteiger partial charge in [-0.2, -0.15) is 0 Å². The number of carbonyl (C=O) groups excluding carboxylic acids is 1. The van der Waals surface area contributed by atoms with Gasteiger partial charge in [-0.25, -0.2) is 0 Å². The fourth-order valence-corrected chi connectivity index (χ4v) is 2.94. The van der Waals surface area contributed by atoms with E-state index < -0.39 is 5.60 Å². The Labute approximate surface area is 108 Å². The van der Waals surface area contributed by atoms with E-state index in [0.29, 0.717) is 0 Å². The molecule has 0 saturated carbocycles. The number of methoxy groups -OCH3 is 1. The summed E-state index contributed by atoms with van der Waals surface area (Å²) in [4.78, 5) is 14.2. The summed E-state index contributed by atoms with van der Waals surface area (Å²) in [6.45, 7) is 2.52. The van der Waals surface area contributed by atoms with Gasteiger partial charge in [0.25, 0.3) is 0 Å². The highest BCUT2D eigenvalue weighted by atomic mass is 16.5. The lowest BCUT2D eigenvalue weighted by Gasteiger charge is -2.42. The predicted molar refractivity (Wildman–Crippen MR) is 68.3 cm³/mol. The zero-order chi connectivity index (χ0) is 13.0. The number of aliphatic hydroxyl groups is 1. The first kappa shape index (κ1) is 13.8. The standard InChI is InChI=1S/C13H24N2O3/c1-18-13(10-16)5-8-15(9-6-13)11-4-2-3-7-14-12(11)17/h11,16H,2-10H2,1H3,(H,14,17). The molecule has 0 spiro atoms. The average molecular weight is 256 g/mol. The Balaban J connectivity index is 1.94. The van der Waals surface area contributed by atoms with Crippen molar-refractivity contribution in [1.82, 2.24) is 10.2 Å². The molecule has 0 aromatic carbocycles. The number of likely N-dealkylation sites (tertiary alicyclic amines) is 1. The van der Waals surface area contributed by atoms with Gasteiger partial charge in [0.2, 0.25) is 5.91 Å². The molecule has 2 fully saturated rings. The second kappa shape index (κ2) is 5.99. The van der Waals surface area contributed by atoms with E-state index in [2.05, 4.69) is 10.2 Å². The van der Waals surface area contributed by atoms with Gasteiger partial charge in [-0.05, 0) is 32.1 Å². The summed E-state index contributed by atoms with van der Waals surface area (Å²) in [7, 11) is 1.66. The van der Waals surface area contributed by atoms with Crippen LogP contribution in [0.3, 0.4) is 0 Å². The van der Waals surface area contributed by atoms with Gasteiger partial charge in [0.05, 0.1) is 18.2 Å². The molecule has 0 bridgehead atoms. The van der Waals surface area contributed by atoms with Crippen molar-refractivity contribution in [3.8, 4) is 0 Å². The number of nitrogens with one attached hydrogen (secondary N) is 1. The van der Waals surface area contributed by atoms with E-state index in [1.165, 1.54) is 0 Å². The number of amides is 1. The maximum Gasteiger partial charge on any atom is 0.237 e. The molecule has 5 nitrogen and oxygen atoms in total. The number of hydrogen-bond acceptors (Lipinski definition) is 4. The van der Waals surface area contributed by atoms with Crippen LogP contribution >= 0.6 is 0 Å². The van der Waals surface area contributed by atoms with Crippen LogP contribution in [0.5, 0.6) is 0 Å². The number of hydrogen-bond donors (Lipinski definition) is 2. The number of piperidine rings is 1. The Hall–Kier alpha value is -0.650. The minimum atomic E-state index is -0.391. The summed E-state index contributed by atoms with van der Waals surface area (Å²) in [5.74, 6) is 0.168. The highest BCUT2D eigenvalue weighted by Gasteiger charge is 2.37. The SMILES string of the molecule is COC1(CO)CCN(C2CCCCNC2=O)CC1. The van der Waals surface area contributed by atoms with Crippen molar-refractivity contribution >= 4 is 5.91 Å². The quantitative estimate of drug-likeness (QED) is 0.753. The van der Waals surface area contributed by atoms with E-state index in [-0.39, 0.29) is 18.6 Å².